The van der Waals surface area contributed by atoms with E-state index >= 15 is 0 Å². The van der Waals surface area contributed by atoms with Gasteiger partial charge in [-0.1, -0.05) is 243 Å². The van der Waals surface area contributed by atoms with E-state index in [0.29, 0.717) is 19.3 Å². The van der Waals surface area contributed by atoms with Crippen molar-refractivity contribution in [3.05, 3.63) is 36.5 Å². The Hall–Kier alpha value is -1.47. The maximum Gasteiger partial charge on any atom is 0.249 e. The van der Waals surface area contributed by atoms with Gasteiger partial charge >= 0.3 is 0 Å². The highest BCUT2D eigenvalue weighted by atomic mass is 16.3. The number of hydrogen-bond acceptors (Lipinski definition) is 5. The molecule has 5 N–H and O–H groups in total. The molecule has 0 aromatic carbocycles. The predicted molar refractivity (Wildman–Crippen MR) is 260 cm³/mol. The number of amides is 1. The first-order valence-electron chi connectivity index (χ1n) is 26.4. The van der Waals surface area contributed by atoms with Gasteiger partial charge in [-0.3, -0.25) is 4.79 Å². The van der Waals surface area contributed by atoms with Crippen LogP contribution in [0.25, 0.3) is 0 Å². The van der Waals surface area contributed by atoms with Crippen molar-refractivity contribution in [1.29, 1.82) is 0 Å². The summed E-state index contributed by atoms with van der Waals surface area (Å²) in [6.07, 6.45) is 59.2. The number of carbonyl (C=O) groups is 1. The summed E-state index contributed by atoms with van der Waals surface area (Å²) in [6, 6.07) is -1.01. The van der Waals surface area contributed by atoms with E-state index in [2.05, 4.69) is 55.6 Å². The molecule has 0 fully saturated rings. The summed E-state index contributed by atoms with van der Waals surface area (Å²) in [7, 11) is 0. The molecule has 0 saturated heterocycles. The van der Waals surface area contributed by atoms with E-state index in [1.807, 2.05) is 0 Å². The summed E-state index contributed by atoms with van der Waals surface area (Å²) in [5.41, 5.74) is 0. The Balaban J connectivity index is 3.72. The second-order valence-corrected chi connectivity index (χ2v) is 18.2. The highest BCUT2D eigenvalue weighted by molar-refractivity contribution is 5.80. The molecule has 0 saturated carbocycles. The Kier molecular flexibility index (Phi) is 47.4. The monoisotopic (exact) mass is 846 g/mol. The lowest BCUT2D eigenvalue weighted by Crippen LogP contribution is -2.53. The van der Waals surface area contributed by atoms with Gasteiger partial charge in [0.15, 0.2) is 0 Å². The first-order valence-corrected chi connectivity index (χ1v) is 26.4. The molecule has 354 valence electrons. The molecule has 60 heavy (non-hydrogen) atoms. The van der Waals surface area contributed by atoms with Crippen molar-refractivity contribution in [2.24, 2.45) is 0 Å². The van der Waals surface area contributed by atoms with Gasteiger partial charge < -0.3 is 25.7 Å². The summed E-state index contributed by atoms with van der Waals surface area (Å²) in [6.45, 7) is 4.06. The van der Waals surface area contributed by atoms with Gasteiger partial charge in [-0.25, -0.2) is 0 Å². The molecule has 4 atom stereocenters. The minimum Gasteiger partial charge on any atom is -0.394 e. The molecule has 0 spiro atoms. The third kappa shape index (κ3) is 41.9. The number of rotatable bonds is 48. The van der Waals surface area contributed by atoms with E-state index in [0.717, 1.165) is 51.4 Å². The average molecular weight is 846 g/mol. The fourth-order valence-corrected chi connectivity index (χ4v) is 8.14. The Morgan fingerprint density at radius 1 is 0.400 bits per heavy atom. The first-order chi connectivity index (χ1) is 29.5. The largest absolute Gasteiger partial charge is 0.394 e. The van der Waals surface area contributed by atoms with Crippen LogP contribution in [0.15, 0.2) is 36.5 Å². The van der Waals surface area contributed by atoms with Crippen molar-refractivity contribution in [3.8, 4) is 0 Å². The molecule has 0 aliphatic carbocycles. The zero-order valence-electron chi connectivity index (χ0n) is 40.0. The molecule has 0 radical (unpaired) electrons. The molecular formula is C54H103NO5. The lowest BCUT2D eigenvalue weighted by molar-refractivity contribution is -0.132. The predicted octanol–water partition coefficient (Wildman–Crippen LogP) is 14.9. The highest BCUT2D eigenvalue weighted by Crippen LogP contribution is 2.17. The molecule has 0 rings (SSSR count). The number of nitrogens with one attached hydrogen (secondary N) is 1. The van der Waals surface area contributed by atoms with Crippen molar-refractivity contribution in [2.45, 2.75) is 295 Å². The number of hydrogen-bond donors (Lipinski definition) is 5. The van der Waals surface area contributed by atoms with Crippen LogP contribution < -0.4 is 5.32 Å². The zero-order chi connectivity index (χ0) is 43.8. The molecular weight excluding hydrogens is 743 g/mol. The van der Waals surface area contributed by atoms with E-state index in [4.69, 9.17) is 0 Å². The average Bonchev–Trinajstić information content (AvgIpc) is 3.25. The molecule has 0 bridgehead atoms. The lowest BCUT2D eigenvalue weighted by atomic mass is 10.00. The number of allylic oxidation sites excluding steroid dienone is 6. The molecule has 6 heteroatoms. The molecule has 6 nitrogen and oxygen atoms in total. The van der Waals surface area contributed by atoms with Gasteiger partial charge in [0.2, 0.25) is 5.91 Å². The Morgan fingerprint density at radius 3 is 1.05 bits per heavy atom. The molecule has 0 aliphatic heterocycles. The van der Waals surface area contributed by atoms with E-state index in [1.165, 1.54) is 186 Å². The van der Waals surface area contributed by atoms with Crippen LogP contribution >= 0.6 is 0 Å². The maximum absolute atomic E-state index is 12.5. The quantitative estimate of drug-likeness (QED) is 0.0309. The van der Waals surface area contributed by atoms with Gasteiger partial charge in [-0.15, -0.1) is 0 Å². The normalized spacial score (nSPS) is 14.2. The van der Waals surface area contributed by atoms with Crippen LogP contribution in [-0.2, 0) is 4.79 Å². The van der Waals surface area contributed by atoms with Gasteiger partial charge in [0.05, 0.1) is 18.8 Å². The number of aliphatic hydroxyl groups excluding tert-OH is 4. The van der Waals surface area contributed by atoms with E-state index in [-0.39, 0.29) is 0 Å². The summed E-state index contributed by atoms with van der Waals surface area (Å²) in [5.74, 6) is -0.597. The lowest BCUT2D eigenvalue weighted by Gasteiger charge is -2.27. The Morgan fingerprint density at radius 2 is 0.700 bits per heavy atom. The summed E-state index contributed by atoms with van der Waals surface area (Å²) < 4.78 is 0. The second kappa shape index (κ2) is 48.6. The fraction of sp³-hybridized carbons (Fsp3) is 0.870. The summed E-state index contributed by atoms with van der Waals surface area (Å²) in [4.78, 5) is 12.5. The van der Waals surface area contributed by atoms with Crippen molar-refractivity contribution in [1.82, 2.24) is 5.32 Å². The van der Waals surface area contributed by atoms with Crippen LogP contribution in [0.2, 0.25) is 0 Å². The molecule has 1 amide bonds. The molecule has 0 aromatic heterocycles. The van der Waals surface area contributed by atoms with Crippen LogP contribution in [0.3, 0.4) is 0 Å². The van der Waals surface area contributed by atoms with Crippen molar-refractivity contribution in [2.75, 3.05) is 6.61 Å². The molecule has 0 heterocycles. The molecule has 4 unspecified atom stereocenters. The van der Waals surface area contributed by atoms with Crippen LogP contribution in [0, 0.1) is 0 Å². The van der Waals surface area contributed by atoms with Crippen molar-refractivity contribution >= 4 is 5.91 Å². The third-order valence-electron chi connectivity index (χ3n) is 12.3. The smallest absolute Gasteiger partial charge is 0.249 e. The summed E-state index contributed by atoms with van der Waals surface area (Å²) >= 11 is 0. The molecule has 0 aliphatic rings. The minimum atomic E-state index is -1.29. The van der Waals surface area contributed by atoms with Crippen molar-refractivity contribution < 1.29 is 25.2 Å². The number of aliphatic hydroxyl groups is 4. The van der Waals surface area contributed by atoms with Crippen molar-refractivity contribution in [3.63, 3.8) is 0 Å². The Bertz CT molecular complexity index is 950. The van der Waals surface area contributed by atoms with Crippen LogP contribution in [0.1, 0.15) is 271 Å². The van der Waals surface area contributed by atoms with Crippen LogP contribution in [-0.4, -0.2) is 57.3 Å². The van der Waals surface area contributed by atoms with Crippen LogP contribution in [0.5, 0.6) is 0 Å². The number of unbranched alkanes of at least 4 members (excludes halogenated alkanes) is 33. The summed E-state index contributed by atoms with van der Waals surface area (Å²) in [5, 5.41) is 43.8. The highest BCUT2D eigenvalue weighted by Gasteiger charge is 2.28. The van der Waals surface area contributed by atoms with Gasteiger partial charge in [0.1, 0.15) is 12.2 Å². The van der Waals surface area contributed by atoms with Gasteiger partial charge in [0.25, 0.3) is 0 Å². The fourth-order valence-electron chi connectivity index (χ4n) is 8.14. The molecule has 0 aromatic rings. The zero-order valence-corrected chi connectivity index (χ0v) is 40.0. The van der Waals surface area contributed by atoms with E-state index in [1.54, 1.807) is 0 Å². The standard InChI is InChI=1S/C54H103NO5/c1-3-5-7-9-11-13-15-17-19-21-22-23-24-25-26-27-28-29-30-31-32-34-35-37-39-41-43-45-47-51(57)53(59)50(49-56)55-54(60)52(58)48-46-44-42-40-38-36-33-20-18-16-14-12-10-8-6-4-2/h28-29,32,34,39,41,50-53,56-59H,3-27,30-31,33,35-38,40,42-49H2,1-2H3,(H,55,60)/b29-28+,34-32+,41-39+. The SMILES string of the molecule is CCCCCCCCCCCCCCCCC/C=C/CC/C=C/CC/C=C/CCCC(O)C(O)C(CO)NC(=O)C(O)CCCCCCCCCCCCCCCCCC. The van der Waals surface area contributed by atoms with Gasteiger partial charge in [-0.05, 0) is 64.2 Å². The topological polar surface area (TPSA) is 110 Å². The van der Waals surface area contributed by atoms with E-state index < -0.39 is 36.9 Å². The van der Waals surface area contributed by atoms with Crippen LogP contribution in [0.4, 0.5) is 0 Å². The third-order valence-corrected chi connectivity index (χ3v) is 12.3. The minimum absolute atomic E-state index is 0.361. The number of carbonyl (C=O) groups excluding carboxylic acids is 1. The van der Waals surface area contributed by atoms with E-state index in [9.17, 15) is 25.2 Å². The Labute approximate surface area is 373 Å². The van der Waals surface area contributed by atoms with Gasteiger partial charge in [0, 0.05) is 0 Å². The second-order valence-electron chi connectivity index (χ2n) is 18.2. The van der Waals surface area contributed by atoms with Gasteiger partial charge in [-0.2, -0.15) is 0 Å². The first kappa shape index (κ1) is 58.5. The maximum atomic E-state index is 12.5.